The van der Waals surface area contributed by atoms with Crippen LogP contribution in [0.15, 0.2) is 28.7 Å². The Hall–Kier alpha value is -0.870. The number of rotatable bonds is 7. The molecule has 1 unspecified atom stereocenters. The highest BCUT2D eigenvalue weighted by atomic mass is 79.9. The summed E-state index contributed by atoms with van der Waals surface area (Å²) in [6.45, 7) is 0.230. The molecule has 0 radical (unpaired) electrons. The van der Waals surface area contributed by atoms with E-state index in [4.69, 9.17) is 10.8 Å². The van der Waals surface area contributed by atoms with Crippen LogP contribution in [0.25, 0.3) is 0 Å². The number of halogens is 1. The second kappa shape index (κ2) is 7.45. The van der Waals surface area contributed by atoms with Crippen LogP contribution in [0.2, 0.25) is 0 Å². The number of carboxylic acids is 1. The lowest BCUT2D eigenvalue weighted by Crippen LogP contribution is -2.23. The number of carboxylic acid groups (broad SMARTS) is 1. The van der Waals surface area contributed by atoms with Crippen molar-refractivity contribution < 1.29 is 9.90 Å². The maximum absolute atomic E-state index is 10.7. The van der Waals surface area contributed by atoms with Gasteiger partial charge in [0.2, 0.25) is 0 Å². The number of aryl methyl sites for hydroxylation is 1. The maximum Gasteiger partial charge on any atom is 0.307 e. The van der Waals surface area contributed by atoms with E-state index in [9.17, 15) is 4.79 Å². The van der Waals surface area contributed by atoms with E-state index in [1.54, 1.807) is 0 Å². The Labute approximate surface area is 110 Å². The molecule has 0 aliphatic heterocycles. The summed E-state index contributed by atoms with van der Waals surface area (Å²) in [5, 5.41) is 8.83. The summed E-state index contributed by atoms with van der Waals surface area (Å²) in [4.78, 5) is 10.7. The second-order valence-electron chi connectivity index (χ2n) is 4.14. The van der Waals surface area contributed by atoms with Crippen LogP contribution in [0.4, 0.5) is 0 Å². The summed E-state index contributed by atoms with van der Waals surface area (Å²) < 4.78 is 1.08. The molecule has 0 heterocycles. The molecular weight excluding hydrogens is 282 g/mol. The van der Waals surface area contributed by atoms with Crippen molar-refractivity contribution in [3.63, 3.8) is 0 Å². The predicted octanol–water partition coefficient (Wildman–Crippen LogP) is 2.82. The highest BCUT2D eigenvalue weighted by molar-refractivity contribution is 9.10. The summed E-state index contributed by atoms with van der Waals surface area (Å²) in [7, 11) is 0. The number of hydrogen-bond acceptors (Lipinski definition) is 2. The van der Waals surface area contributed by atoms with Gasteiger partial charge in [0.1, 0.15) is 0 Å². The zero-order chi connectivity index (χ0) is 12.7. The summed E-state index contributed by atoms with van der Waals surface area (Å²) in [6.07, 6.45) is 3.57. The first kappa shape index (κ1) is 14.2. The third-order valence-corrected chi connectivity index (χ3v) is 3.34. The van der Waals surface area contributed by atoms with Crippen molar-refractivity contribution in [3.8, 4) is 0 Å². The first-order chi connectivity index (χ1) is 8.13. The van der Waals surface area contributed by atoms with Gasteiger partial charge in [0, 0.05) is 11.0 Å². The second-order valence-corrected chi connectivity index (χ2v) is 5.06. The molecular formula is C13H18BrNO2. The minimum absolute atomic E-state index is 0.230. The van der Waals surface area contributed by atoms with E-state index >= 15 is 0 Å². The molecule has 1 aromatic carbocycles. The van der Waals surface area contributed by atoms with E-state index in [1.165, 1.54) is 5.56 Å². The summed E-state index contributed by atoms with van der Waals surface area (Å²) in [5.41, 5.74) is 6.68. The topological polar surface area (TPSA) is 63.3 Å². The van der Waals surface area contributed by atoms with Gasteiger partial charge in [0.25, 0.3) is 0 Å². The van der Waals surface area contributed by atoms with Gasteiger partial charge in [0.15, 0.2) is 0 Å². The van der Waals surface area contributed by atoms with Gasteiger partial charge < -0.3 is 10.8 Å². The summed E-state index contributed by atoms with van der Waals surface area (Å²) >= 11 is 3.39. The monoisotopic (exact) mass is 299 g/mol. The summed E-state index contributed by atoms with van der Waals surface area (Å²) in [5.74, 6) is -1.17. The van der Waals surface area contributed by atoms with Crippen LogP contribution in [0.1, 0.15) is 24.8 Å². The molecule has 0 aromatic heterocycles. The van der Waals surface area contributed by atoms with E-state index in [0.29, 0.717) is 6.42 Å². The third kappa shape index (κ3) is 5.33. The van der Waals surface area contributed by atoms with Gasteiger partial charge in [-0.1, -0.05) is 34.5 Å². The Morgan fingerprint density at radius 3 is 2.47 bits per heavy atom. The lowest BCUT2D eigenvalue weighted by molar-refractivity contribution is -0.141. The van der Waals surface area contributed by atoms with Gasteiger partial charge in [-0.25, -0.2) is 0 Å². The Bertz CT molecular complexity index is 351. The largest absolute Gasteiger partial charge is 0.481 e. The van der Waals surface area contributed by atoms with Crippen LogP contribution in [0, 0.1) is 5.92 Å². The molecule has 0 saturated heterocycles. The fourth-order valence-corrected chi connectivity index (χ4v) is 1.98. The van der Waals surface area contributed by atoms with Crippen LogP contribution in [-0.2, 0) is 11.2 Å². The quantitative estimate of drug-likeness (QED) is 0.761. The van der Waals surface area contributed by atoms with Crippen LogP contribution >= 0.6 is 15.9 Å². The lowest BCUT2D eigenvalue weighted by Gasteiger charge is -2.08. The van der Waals surface area contributed by atoms with E-state index in [1.807, 2.05) is 12.1 Å². The number of aliphatic carboxylic acids is 1. The van der Waals surface area contributed by atoms with Gasteiger partial charge in [-0.3, -0.25) is 4.79 Å². The number of benzene rings is 1. The van der Waals surface area contributed by atoms with E-state index in [2.05, 4.69) is 28.1 Å². The molecule has 3 nitrogen and oxygen atoms in total. The molecule has 0 aliphatic carbocycles. The molecule has 1 atom stereocenters. The Kier molecular flexibility index (Phi) is 6.22. The maximum atomic E-state index is 10.7. The zero-order valence-corrected chi connectivity index (χ0v) is 11.3. The van der Waals surface area contributed by atoms with E-state index in [0.717, 1.165) is 23.7 Å². The fraction of sp³-hybridized carbons (Fsp3) is 0.462. The Balaban J connectivity index is 2.24. The third-order valence-electron chi connectivity index (χ3n) is 2.82. The summed E-state index contributed by atoms with van der Waals surface area (Å²) in [6, 6.07) is 8.22. The van der Waals surface area contributed by atoms with Crippen molar-refractivity contribution in [1.82, 2.24) is 0 Å². The van der Waals surface area contributed by atoms with Crippen molar-refractivity contribution >= 4 is 21.9 Å². The van der Waals surface area contributed by atoms with E-state index < -0.39 is 5.97 Å². The van der Waals surface area contributed by atoms with Gasteiger partial charge in [0.05, 0.1) is 5.92 Å². The SMILES string of the molecule is NCC(CCCCc1ccc(Br)cc1)C(=O)O. The minimum atomic E-state index is -0.781. The average molecular weight is 300 g/mol. The molecule has 0 amide bonds. The van der Waals surface area contributed by atoms with Crippen molar-refractivity contribution in [3.05, 3.63) is 34.3 Å². The fourth-order valence-electron chi connectivity index (χ4n) is 1.71. The number of unbranched alkanes of at least 4 members (excludes halogenated alkanes) is 1. The Morgan fingerprint density at radius 1 is 1.29 bits per heavy atom. The Morgan fingerprint density at radius 2 is 1.94 bits per heavy atom. The smallest absolute Gasteiger partial charge is 0.307 e. The van der Waals surface area contributed by atoms with Gasteiger partial charge in [-0.2, -0.15) is 0 Å². The molecule has 17 heavy (non-hydrogen) atoms. The molecule has 94 valence electrons. The molecule has 3 N–H and O–H groups in total. The predicted molar refractivity (Wildman–Crippen MR) is 71.9 cm³/mol. The van der Waals surface area contributed by atoms with Gasteiger partial charge in [-0.05, 0) is 37.0 Å². The van der Waals surface area contributed by atoms with E-state index in [-0.39, 0.29) is 12.5 Å². The van der Waals surface area contributed by atoms with Crippen molar-refractivity contribution in [1.29, 1.82) is 0 Å². The molecule has 1 rings (SSSR count). The average Bonchev–Trinajstić information content (AvgIpc) is 2.31. The molecule has 0 fully saturated rings. The van der Waals surface area contributed by atoms with Crippen LogP contribution < -0.4 is 5.73 Å². The first-order valence-corrected chi connectivity index (χ1v) is 6.60. The van der Waals surface area contributed by atoms with Crippen LogP contribution in [0.5, 0.6) is 0 Å². The molecule has 1 aromatic rings. The number of nitrogens with two attached hydrogens (primary N) is 1. The molecule has 0 aliphatic rings. The van der Waals surface area contributed by atoms with Crippen molar-refractivity contribution in [2.24, 2.45) is 11.7 Å². The molecule has 0 saturated carbocycles. The zero-order valence-electron chi connectivity index (χ0n) is 9.73. The van der Waals surface area contributed by atoms with Crippen molar-refractivity contribution in [2.75, 3.05) is 6.54 Å². The highest BCUT2D eigenvalue weighted by Gasteiger charge is 2.14. The molecule has 0 spiro atoms. The first-order valence-electron chi connectivity index (χ1n) is 5.81. The lowest BCUT2D eigenvalue weighted by atomic mass is 10.00. The van der Waals surface area contributed by atoms with Crippen LogP contribution in [-0.4, -0.2) is 17.6 Å². The normalized spacial score (nSPS) is 12.4. The molecule has 4 heteroatoms. The van der Waals surface area contributed by atoms with Gasteiger partial charge in [-0.15, -0.1) is 0 Å². The number of carbonyl (C=O) groups is 1. The molecule has 0 bridgehead atoms. The van der Waals surface area contributed by atoms with Crippen molar-refractivity contribution in [2.45, 2.75) is 25.7 Å². The van der Waals surface area contributed by atoms with Gasteiger partial charge >= 0.3 is 5.97 Å². The van der Waals surface area contributed by atoms with Crippen LogP contribution in [0.3, 0.4) is 0 Å². The standard InChI is InChI=1S/C13H18BrNO2/c14-12-7-5-10(6-8-12)3-1-2-4-11(9-15)13(16)17/h5-8,11H,1-4,9,15H2,(H,16,17). The highest BCUT2D eigenvalue weighted by Crippen LogP contribution is 2.14. The number of hydrogen-bond donors (Lipinski definition) is 2. The minimum Gasteiger partial charge on any atom is -0.481 e.